The summed E-state index contributed by atoms with van der Waals surface area (Å²) < 4.78 is 39.5. The van der Waals surface area contributed by atoms with Gasteiger partial charge in [-0.05, 0) is 42.5 Å². The van der Waals surface area contributed by atoms with Gasteiger partial charge in [-0.1, -0.05) is 12.1 Å². The highest BCUT2D eigenvalue weighted by molar-refractivity contribution is 5.69. The second-order valence-electron chi connectivity index (χ2n) is 5.12. The lowest BCUT2D eigenvalue weighted by atomic mass is 10.1. The fraction of sp³-hybridized carbons (Fsp3) is 0.118. The van der Waals surface area contributed by atoms with Crippen LogP contribution >= 0.6 is 0 Å². The number of anilines is 2. The molecule has 0 saturated heterocycles. The van der Waals surface area contributed by atoms with E-state index < -0.39 is 11.7 Å². The largest absolute Gasteiger partial charge is 0.416 e. The summed E-state index contributed by atoms with van der Waals surface area (Å²) in [4.78, 5) is 0. The Labute approximate surface area is 131 Å². The molecule has 0 radical (unpaired) electrons. The average molecular weight is 317 g/mol. The number of alkyl halides is 3. The molecule has 0 aliphatic rings. The first-order valence-electron chi connectivity index (χ1n) is 6.96. The van der Waals surface area contributed by atoms with E-state index in [2.05, 4.69) is 10.4 Å². The topological polar surface area (TPSA) is 29.9 Å². The van der Waals surface area contributed by atoms with Crippen LogP contribution in [-0.4, -0.2) is 9.78 Å². The lowest BCUT2D eigenvalue weighted by molar-refractivity contribution is -0.137. The molecule has 2 aromatic carbocycles. The van der Waals surface area contributed by atoms with Crippen LogP contribution in [0, 0.1) is 0 Å². The van der Waals surface area contributed by atoms with Gasteiger partial charge in [-0.3, -0.25) is 4.68 Å². The SMILES string of the molecule is Cn1nccc1-c1cccc(Nc2ccc(C(F)(F)F)cc2)c1. The van der Waals surface area contributed by atoms with Gasteiger partial charge in [0.05, 0.1) is 11.3 Å². The van der Waals surface area contributed by atoms with Crippen LogP contribution in [0.4, 0.5) is 24.5 Å². The number of aryl methyl sites for hydroxylation is 1. The Morgan fingerprint density at radius 2 is 1.70 bits per heavy atom. The molecule has 0 amide bonds. The zero-order chi connectivity index (χ0) is 16.4. The first kappa shape index (κ1) is 15.1. The van der Waals surface area contributed by atoms with E-state index >= 15 is 0 Å². The van der Waals surface area contributed by atoms with Crippen LogP contribution in [0.3, 0.4) is 0 Å². The number of benzene rings is 2. The van der Waals surface area contributed by atoms with Crippen molar-refractivity contribution in [2.75, 3.05) is 5.32 Å². The zero-order valence-corrected chi connectivity index (χ0v) is 12.3. The Morgan fingerprint density at radius 1 is 0.957 bits per heavy atom. The molecule has 1 heterocycles. The highest BCUT2D eigenvalue weighted by Crippen LogP contribution is 2.30. The van der Waals surface area contributed by atoms with Crippen molar-refractivity contribution in [2.24, 2.45) is 7.05 Å². The van der Waals surface area contributed by atoms with Gasteiger partial charge in [-0.25, -0.2) is 0 Å². The number of hydrogen-bond donors (Lipinski definition) is 1. The molecule has 0 fully saturated rings. The molecular weight excluding hydrogens is 303 g/mol. The van der Waals surface area contributed by atoms with Gasteiger partial charge >= 0.3 is 6.18 Å². The normalized spacial score (nSPS) is 11.5. The molecule has 3 rings (SSSR count). The highest BCUT2D eigenvalue weighted by atomic mass is 19.4. The van der Waals surface area contributed by atoms with Crippen molar-refractivity contribution in [1.82, 2.24) is 9.78 Å². The fourth-order valence-electron chi connectivity index (χ4n) is 2.32. The Hall–Kier alpha value is -2.76. The number of nitrogens with one attached hydrogen (secondary N) is 1. The Bertz CT molecular complexity index is 804. The lowest BCUT2D eigenvalue weighted by Crippen LogP contribution is -2.04. The highest BCUT2D eigenvalue weighted by Gasteiger charge is 2.29. The van der Waals surface area contributed by atoms with Gasteiger partial charge in [0.1, 0.15) is 0 Å². The van der Waals surface area contributed by atoms with Crippen LogP contribution in [0.5, 0.6) is 0 Å². The molecule has 0 bridgehead atoms. The molecule has 0 unspecified atom stereocenters. The molecule has 3 nitrogen and oxygen atoms in total. The lowest BCUT2D eigenvalue weighted by Gasteiger charge is -2.11. The Kier molecular flexibility index (Phi) is 3.82. The summed E-state index contributed by atoms with van der Waals surface area (Å²) in [6.07, 6.45) is -2.61. The third kappa shape index (κ3) is 3.36. The third-order valence-corrected chi connectivity index (χ3v) is 3.48. The number of halogens is 3. The van der Waals surface area contributed by atoms with Crippen molar-refractivity contribution in [3.63, 3.8) is 0 Å². The van der Waals surface area contributed by atoms with E-state index in [-0.39, 0.29) is 0 Å². The molecular formula is C17H14F3N3. The van der Waals surface area contributed by atoms with Crippen molar-refractivity contribution >= 4 is 11.4 Å². The van der Waals surface area contributed by atoms with Crippen LogP contribution in [0.1, 0.15) is 5.56 Å². The van der Waals surface area contributed by atoms with Gasteiger partial charge in [-0.2, -0.15) is 18.3 Å². The quantitative estimate of drug-likeness (QED) is 0.748. The second kappa shape index (κ2) is 5.79. The minimum atomic E-state index is -4.32. The maximum Gasteiger partial charge on any atom is 0.416 e. The molecule has 3 aromatic rings. The van der Waals surface area contributed by atoms with Gasteiger partial charge < -0.3 is 5.32 Å². The molecule has 0 aliphatic carbocycles. The van der Waals surface area contributed by atoms with Gasteiger partial charge in [0.2, 0.25) is 0 Å². The van der Waals surface area contributed by atoms with Crippen LogP contribution in [0.25, 0.3) is 11.3 Å². The van der Waals surface area contributed by atoms with Gasteiger partial charge in [-0.15, -0.1) is 0 Å². The molecule has 0 aliphatic heterocycles. The van der Waals surface area contributed by atoms with E-state index in [9.17, 15) is 13.2 Å². The number of aromatic nitrogens is 2. The first-order chi connectivity index (χ1) is 10.9. The summed E-state index contributed by atoms with van der Waals surface area (Å²) in [5.41, 5.74) is 2.67. The van der Waals surface area contributed by atoms with E-state index in [0.717, 1.165) is 29.1 Å². The molecule has 1 aromatic heterocycles. The molecule has 23 heavy (non-hydrogen) atoms. The van der Waals surface area contributed by atoms with Crippen LogP contribution in [0.2, 0.25) is 0 Å². The van der Waals surface area contributed by atoms with Crippen molar-refractivity contribution in [2.45, 2.75) is 6.18 Å². The fourth-order valence-corrected chi connectivity index (χ4v) is 2.32. The van der Waals surface area contributed by atoms with Crippen molar-refractivity contribution in [1.29, 1.82) is 0 Å². The molecule has 6 heteroatoms. The van der Waals surface area contributed by atoms with Crippen molar-refractivity contribution in [3.05, 3.63) is 66.4 Å². The standard InChI is InChI=1S/C17H14F3N3/c1-23-16(9-10-21-23)12-3-2-4-15(11-12)22-14-7-5-13(6-8-14)17(18,19)20/h2-11,22H,1H3. The summed E-state index contributed by atoms with van der Waals surface area (Å²) >= 11 is 0. The molecule has 118 valence electrons. The Balaban J connectivity index is 1.82. The van der Waals surface area contributed by atoms with Gasteiger partial charge in [0.25, 0.3) is 0 Å². The minimum absolute atomic E-state index is 0.597. The smallest absolute Gasteiger partial charge is 0.356 e. The first-order valence-corrected chi connectivity index (χ1v) is 6.96. The van der Waals surface area contributed by atoms with Gasteiger partial charge in [0, 0.05) is 30.2 Å². The zero-order valence-electron chi connectivity index (χ0n) is 12.3. The van der Waals surface area contributed by atoms with Crippen molar-refractivity contribution in [3.8, 4) is 11.3 Å². The molecule has 0 saturated carbocycles. The maximum atomic E-state index is 12.6. The number of hydrogen-bond acceptors (Lipinski definition) is 2. The summed E-state index contributed by atoms with van der Waals surface area (Å²) in [6.45, 7) is 0. The van der Waals surface area contributed by atoms with E-state index in [1.807, 2.05) is 37.4 Å². The predicted octanol–water partition coefficient (Wildman–Crippen LogP) is 4.85. The van der Waals surface area contributed by atoms with E-state index in [1.165, 1.54) is 12.1 Å². The second-order valence-corrected chi connectivity index (χ2v) is 5.12. The monoisotopic (exact) mass is 317 g/mol. The summed E-state index contributed by atoms with van der Waals surface area (Å²) in [7, 11) is 1.85. The van der Waals surface area contributed by atoms with Crippen molar-refractivity contribution < 1.29 is 13.2 Å². The molecule has 0 atom stereocenters. The number of nitrogens with zero attached hydrogens (tertiary/aromatic N) is 2. The van der Waals surface area contributed by atoms with Gasteiger partial charge in [0.15, 0.2) is 0 Å². The summed E-state index contributed by atoms with van der Waals surface area (Å²) in [5.74, 6) is 0. The third-order valence-electron chi connectivity index (χ3n) is 3.48. The Morgan fingerprint density at radius 3 is 2.30 bits per heavy atom. The predicted molar refractivity (Wildman–Crippen MR) is 83.4 cm³/mol. The molecule has 0 spiro atoms. The average Bonchev–Trinajstić information content (AvgIpc) is 2.93. The van der Waals surface area contributed by atoms with Crippen LogP contribution in [-0.2, 0) is 13.2 Å². The number of rotatable bonds is 3. The minimum Gasteiger partial charge on any atom is -0.356 e. The van der Waals surface area contributed by atoms with Crippen LogP contribution in [0.15, 0.2) is 60.8 Å². The van der Waals surface area contributed by atoms with E-state index in [4.69, 9.17) is 0 Å². The summed E-state index contributed by atoms with van der Waals surface area (Å²) in [6, 6.07) is 14.5. The van der Waals surface area contributed by atoms with Crippen LogP contribution < -0.4 is 5.32 Å². The summed E-state index contributed by atoms with van der Waals surface area (Å²) in [5, 5.41) is 7.24. The molecule has 1 N–H and O–H groups in total. The maximum absolute atomic E-state index is 12.6. The van der Waals surface area contributed by atoms with E-state index in [0.29, 0.717) is 5.69 Å². The van der Waals surface area contributed by atoms with E-state index in [1.54, 1.807) is 10.9 Å².